The first-order chi connectivity index (χ1) is 12.5. The van der Waals surface area contributed by atoms with E-state index in [-0.39, 0.29) is 37.1 Å². The standard InChI is InChI=1S/C19H29FN4O2.ClH/c1-22-10-6-15-7-11-23(12-8-15)14-19(26)24(13-9-18(21)25)17-4-2-16(20)3-5-17;/h2-5,15,22H,6-14H2,1H3,(H2,21,25);1H. The highest BCUT2D eigenvalue weighted by Gasteiger charge is 2.23. The molecular weight excluding hydrogens is 371 g/mol. The predicted molar refractivity (Wildman–Crippen MR) is 108 cm³/mol. The van der Waals surface area contributed by atoms with Gasteiger partial charge in [-0.2, -0.15) is 0 Å². The smallest absolute Gasteiger partial charge is 0.241 e. The number of benzene rings is 1. The fourth-order valence-corrected chi connectivity index (χ4v) is 3.30. The molecule has 0 atom stereocenters. The van der Waals surface area contributed by atoms with Crippen molar-refractivity contribution in [3.63, 3.8) is 0 Å². The summed E-state index contributed by atoms with van der Waals surface area (Å²) in [5.74, 6) is -0.210. The van der Waals surface area contributed by atoms with Crippen molar-refractivity contribution < 1.29 is 14.0 Å². The fourth-order valence-electron chi connectivity index (χ4n) is 3.30. The number of carbonyl (C=O) groups is 2. The molecule has 0 radical (unpaired) electrons. The molecule has 6 nitrogen and oxygen atoms in total. The molecule has 0 saturated carbocycles. The minimum atomic E-state index is -0.463. The summed E-state index contributed by atoms with van der Waals surface area (Å²) in [7, 11) is 1.96. The van der Waals surface area contributed by atoms with Crippen LogP contribution in [0.25, 0.3) is 0 Å². The first kappa shape index (κ1) is 23.3. The molecule has 3 N–H and O–H groups in total. The molecular formula is C19H30ClFN4O2. The van der Waals surface area contributed by atoms with Gasteiger partial charge in [-0.3, -0.25) is 14.5 Å². The number of amides is 2. The third kappa shape index (κ3) is 7.82. The maximum absolute atomic E-state index is 13.2. The van der Waals surface area contributed by atoms with Crippen LogP contribution in [0.2, 0.25) is 0 Å². The molecule has 1 fully saturated rings. The Bertz CT molecular complexity index is 592. The van der Waals surface area contributed by atoms with Crippen molar-refractivity contribution >= 4 is 29.9 Å². The Morgan fingerprint density at radius 2 is 1.89 bits per heavy atom. The quantitative estimate of drug-likeness (QED) is 0.662. The molecule has 1 aromatic carbocycles. The average Bonchev–Trinajstić information content (AvgIpc) is 2.62. The lowest BCUT2D eigenvalue weighted by atomic mass is 9.93. The third-order valence-corrected chi connectivity index (χ3v) is 4.89. The van der Waals surface area contributed by atoms with Crippen LogP contribution < -0.4 is 16.0 Å². The number of primary amides is 1. The highest BCUT2D eigenvalue weighted by molar-refractivity contribution is 5.95. The number of nitrogens with two attached hydrogens (primary N) is 1. The number of nitrogens with zero attached hydrogens (tertiary/aromatic N) is 2. The first-order valence-corrected chi connectivity index (χ1v) is 9.20. The van der Waals surface area contributed by atoms with E-state index >= 15 is 0 Å². The van der Waals surface area contributed by atoms with Crippen molar-refractivity contribution in [3.05, 3.63) is 30.1 Å². The normalized spacial score (nSPS) is 15.2. The summed E-state index contributed by atoms with van der Waals surface area (Å²) in [6, 6.07) is 5.73. The van der Waals surface area contributed by atoms with E-state index in [2.05, 4.69) is 10.2 Å². The molecule has 0 aliphatic carbocycles. The number of likely N-dealkylation sites (tertiary alicyclic amines) is 1. The Hall–Kier alpha value is -1.70. The molecule has 1 aromatic rings. The van der Waals surface area contributed by atoms with Crippen LogP contribution in [-0.4, -0.2) is 56.5 Å². The number of halogens is 2. The van der Waals surface area contributed by atoms with Crippen LogP contribution in [0.5, 0.6) is 0 Å². The number of nitrogens with one attached hydrogen (secondary N) is 1. The van der Waals surface area contributed by atoms with Crippen LogP contribution >= 0.6 is 12.4 Å². The molecule has 1 heterocycles. The number of hydrogen-bond acceptors (Lipinski definition) is 4. The van der Waals surface area contributed by atoms with Crippen LogP contribution in [0.4, 0.5) is 10.1 Å². The average molecular weight is 401 g/mol. The summed E-state index contributed by atoms with van der Waals surface area (Å²) in [6.45, 7) is 3.32. The van der Waals surface area contributed by atoms with Gasteiger partial charge in [-0.1, -0.05) is 0 Å². The summed E-state index contributed by atoms with van der Waals surface area (Å²) >= 11 is 0. The Balaban J connectivity index is 0.00000364. The van der Waals surface area contributed by atoms with Crippen molar-refractivity contribution in [2.45, 2.75) is 25.7 Å². The van der Waals surface area contributed by atoms with Gasteiger partial charge >= 0.3 is 0 Å². The van der Waals surface area contributed by atoms with E-state index in [4.69, 9.17) is 5.73 Å². The summed E-state index contributed by atoms with van der Waals surface area (Å²) in [5, 5.41) is 3.18. The maximum atomic E-state index is 13.2. The van der Waals surface area contributed by atoms with Crippen LogP contribution in [0.1, 0.15) is 25.7 Å². The van der Waals surface area contributed by atoms with Gasteiger partial charge in [0.15, 0.2) is 0 Å². The van der Waals surface area contributed by atoms with E-state index < -0.39 is 5.91 Å². The second-order valence-corrected chi connectivity index (χ2v) is 6.85. The number of carbonyl (C=O) groups excluding carboxylic acids is 2. The molecule has 152 valence electrons. The zero-order valence-electron chi connectivity index (χ0n) is 15.8. The van der Waals surface area contributed by atoms with Crippen LogP contribution in [-0.2, 0) is 9.59 Å². The minimum Gasteiger partial charge on any atom is -0.370 e. The van der Waals surface area contributed by atoms with Gasteiger partial charge in [-0.25, -0.2) is 4.39 Å². The van der Waals surface area contributed by atoms with E-state index in [0.29, 0.717) is 18.2 Å². The Kier molecular flexibility index (Phi) is 10.3. The van der Waals surface area contributed by atoms with Crippen LogP contribution in [0, 0.1) is 11.7 Å². The Morgan fingerprint density at radius 1 is 1.26 bits per heavy atom. The predicted octanol–water partition coefficient (Wildman–Crippen LogP) is 1.78. The highest BCUT2D eigenvalue weighted by Crippen LogP contribution is 2.21. The van der Waals surface area contributed by atoms with E-state index in [1.54, 1.807) is 12.1 Å². The van der Waals surface area contributed by atoms with E-state index in [0.717, 1.165) is 32.5 Å². The molecule has 0 bridgehead atoms. The largest absolute Gasteiger partial charge is 0.370 e. The Morgan fingerprint density at radius 3 is 2.44 bits per heavy atom. The molecule has 2 amide bonds. The summed E-state index contributed by atoms with van der Waals surface area (Å²) in [5.41, 5.74) is 5.81. The van der Waals surface area contributed by atoms with Gasteiger partial charge < -0.3 is 16.0 Å². The first-order valence-electron chi connectivity index (χ1n) is 9.20. The topological polar surface area (TPSA) is 78.7 Å². The second-order valence-electron chi connectivity index (χ2n) is 6.85. The van der Waals surface area contributed by atoms with Gasteiger partial charge in [0, 0.05) is 18.7 Å². The number of rotatable bonds is 9. The number of piperidine rings is 1. The molecule has 1 saturated heterocycles. The Labute approximate surface area is 166 Å². The number of hydrogen-bond donors (Lipinski definition) is 2. The molecule has 27 heavy (non-hydrogen) atoms. The van der Waals surface area contributed by atoms with Gasteiger partial charge in [-0.05, 0) is 76.1 Å². The highest BCUT2D eigenvalue weighted by atomic mass is 35.5. The van der Waals surface area contributed by atoms with Gasteiger partial charge in [0.25, 0.3) is 0 Å². The molecule has 2 rings (SSSR count). The summed E-state index contributed by atoms with van der Waals surface area (Å²) in [4.78, 5) is 27.6. The van der Waals surface area contributed by atoms with Gasteiger partial charge in [0.1, 0.15) is 5.82 Å². The van der Waals surface area contributed by atoms with Crippen molar-refractivity contribution in [1.82, 2.24) is 10.2 Å². The molecule has 0 unspecified atom stereocenters. The molecule has 1 aliphatic rings. The van der Waals surface area contributed by atoms with Crippen LogP contribution in [0.15, 0.2) is 24.3 Å². The lowest BCUT2D eigenvalue weighted by molar-refractivity contribution is -0.120. The summed E-state index contributed by atoms with van der Waals surface area (Å²) in [6.07, 6.45) is 3.42. The van der Waals surface area contributed by atoms with Crippen molar-refractivity contribution in [2.24, 2.45) is 11.7 Å². The fraction of sp³-hybridized carbons (Fsp3) is 0.579. The van der Waals surface area contributed by atoms with Crippen molar-refractivity contribution in [1.29, 1.82) is 0 Å². The maximum Gasteiger partial charge on any atom is 0.241 e. The van der Waals surface area contributed by atoms with Gasteiger partial charge in [0.05, 0.1) is 6.54 Å². The van der Waals surface area contributed by atoms with E-state index in [1.165, 1.54) is 23.5 Å². The van der Waals surface area contributed by atoms with Crippen LogP contribution in [0.3, 0.4) is 0 Å². The monoisotopic (exact) mass is 400 g/mol. The van der Waals surface area contributed by atoms with E-state index in [1.807, 2.05) is 7.05 Å². The molecule has 8 heteroatoms. The van der Waals surface area contributed by atoms with E-state index in [9.17, 15) is 14.0 Å². The van der Waals surface area contributed by atoms with Crippen molar-refractivity contribution in [3.8, 4) is 0 Å². The second kappa shape index (κ2) is 11.9. The molecule has 1 aliphatic heterocycles. The third-order valence-electron chi connectivity index (χ3n) is 4.89. The number of anilines is 1. The zero-order chi connectivity index (χ0) is 18.9. The van der Waals surface area contributed by atoms with Crippen molar-refractivity contribution in [2.75, 3.05) is 44.7 Å². The summed E-state index contributed by atoms with van der Waals surface area (Å²) < 4.78 is 13.2. The van der Waals surface area contributed by atoms with Gasteiger partial charge in [-0.15, -0.1) is 12.4 Å². The SMILES string of the molecule is CNCCC1CCN(CC(=O)N(CCC(N)=O)c2ccc(F)cc2)CC1.Cl. The lowest BCUT2D eigenvalue weighted by Gasteiger charge is -2.33. The minimum absolute atomic E-state index is 0. The zero-order valence-corrected chi connectivity index (χ0v) is 16.6. The van der Waals surface area contributed by atoms with Gasteiger partial charge in [0.2, 0.25) is 11.8 Å². The lowest BCUT2D eigenvalue weighted by Crippen LogP contribution is -2.44. The molecule has 0 spiro atoms. The molecule has 0 aromatic heterocycles.